The Morgan fingerprint density at radius 1 is 1.25 bits per heavy atom. The molecule has 1 aliphatic carbocycles. The standard InChI is InChI=1S/C23H28ClNO3/c1-5-6-11-28-22(27)19-14(2)25-17-12-23(3,4)13-18(26)21(17)20(19)15-7-9-16(24)10-8-15/h7-10,20,25H,5-6,11-13H2,1-4H3/t20-/m1/s1. The molecule has 0 bridgehead atoms. The highest BCUT2D eigenvalue weighted by molar-refractivity contribution is 6.30. The zero-order valence-corrected chi connectivity index (χ0v) is 17.8. The third-order valence-electron chi connectivity index (χ3n) is 5.39. The predicted molar refractivity (Wildman–Crippen MR) is 111 cm³/mol. The predicted octanol–water partition coefficient (Wildman–Crippen LogP) is 5.29. The number of ketones is 1. The van der Waals surface area contributed by atoms with E-state index in [9.17, 15) is 9.59 Å². The number of carbonyl (C=O) groups excluding carboxylic acids is 2. The molecule has 0 fully saturated rings. The van der Waals surface area contributed by atoms with Crippen molar-refractivity contribution >= 4 is 23.4 Å². The normalized spacial score (nSPS) is 21.3. The number of nitrogens with one attached hydrogen (secondary N) is 1. The molecule has 28 heavy (non-hydrogen) atoms. The Balaban J connectivity index is 2.07. The van der Waals surface area contributed by atoms with Gasteiger partial charge in [0.1, 0.15) is 0 Å². The molecule has 5 heteroatoms. The van der Waals surface area contributed by atoms with E-state index in [0.717, 1.165) is 36.2 Å². The van der Waals surface area contributed by atoms with Crippen LogP contribution >= 0.6 is 11.6 Å². The molecule has 0 spiro atoms. The summed E-state index contributed by atoms with van der Waals surface area (Å²) in [5.74, 6) is -0.695. The van der Waals surface area contributed by atoms with Gasteiger partial charge in [0.2, 0.25) is 0 Å². The maximum absolute atomic E-state index is 13.1. The molecule has 0 radical (unpaired) electrons. The highest BCUT2D eigenvalue weighted by atomic mass is 35.5. The van der Waals surface area contributed by atoms with Crippen LogP contribution in [0.2, 0.25) is 5.02 Å². The highest BCUT2D eigenvalue weighted by Gasteiger charge is 2.43. The lowest BCUT2D eigenvalue weighted by atomic mass is 9.68. The number of rotatable bonds is 5. The van der Waals surface area contributed by atoms with Crippen LogP contribution in [0.4, 0.5) is 0 Å². The number of benzene rings is 1. The van der Waals surface area contributed by atoms with Crippen LogP contribution in [0.1, 0.15) is 64.9 Å². The van der Waals surface area contributed by atoms with E-state index < -0.39 is 5.92 Å². The van der Waals surface area contributed by atoms with Gasteiger partial charge in [-0.15, -0.1) is 0 Å². The number of dihydropyridines is 1. The van der Waals surface area contributed by atoms with Gasteiger partial charge in [-0.25, -0.2) is 4.79 Å². The summed E-state index contributed by atoms with van der Waals surface area (Å²) in [6.07, 6.45) is 3.01. The van der Waals surface area contributed by atoms with Gasteiger partial charge >= 0.3 is 5.97 Å². The second kappa shape index (κ2) is 8.12. The number of esters is 1. The number of allylic oxidation sites excluding steroid dienone is 3. The summed E-state index contributed by atoms with van der Waals surface area (Å²) in [6, 6.07) is 7.38. The number of Topliss-reactive ketones (excluding diaryl/α,β-unsaturated/α-hetero) is 1. The molecule has 0 aromatic heterocycles. The zero-order valence-electron chi connectivity index (χ0n) is 17.0. The fourth-order valence-electron chi connectivity index (χ4n) is 4.08. The maximum atomic E-state index is 13.1. The van der Waals surface area contributed by atoms with Crippen molar-refractivity contribution in [3.8, 4) is 0 Å². The summed E-state index contributed by atoms with van der Waals surface area (Å²) < 4.78 is 5.53. The minimum absolute atomic E-state index is 0.0880. The number of hydrogen-bond donors (Lipinski definition) is 1. The second-order valence-electron chi connectivity index (χ2n) is 8.47. The zero-order chi connectivity index (χ0) is 20.5. The Morgan fingerprint density at radius 2 is 1.93 bits per heavy atom. The van der Waals surface area contributed by atoms with E-state index in [0.29, 0.717) is 29.2 Å². The van der Waals surface area contributed by atoms with Crippen LogP contribution in [0.3, 0.4) is 0 Å². The number of carbonyl (C=O) groups is 2. The van der Waals surface area contributed by atoms with E-state index in [1.807, 2.05) is 19.1 Å². The first-order chi connectivity index (χ1) is 13.2. The first-order valence-corrected chi connectivity index (χ1v) is 10.3. The highest BCUT2D eigenvalue weighted by Crippen LogP contribution is 2.46. The van der Waals surface area contributed by atoms with Crippen molar-refractivity contribution < 1.29 is 14.3 Å². The molecular formula is C23H28ClNO3. The lowest BCUT2D eigenvalue weighted by Gasteiger charge is -2.39. The minimum atomic E-state index is -0.425. The Bertz CT molecular complexity index is 849. The van der Waals surface area contributed by atoms with Crippen LogP contribution < -0.4 is 5.32 Å². The lowest BCUT2D eigenvalue weighted by molar-refractivity contribution is -0.139. The fourth-order valence-corrected chi connectivity index (χ4v) is 4.21. The minimum Gasteiger partial charge on any atom is -0.462 e. The smallest absolute Gasteiger partial charge is 0.336 e. The van der Waals surface area contributed by atoms with Gasteiger partial charge in [0, 0.05) is 34.3 Å². The average molecular weight is 402 g/mol. The molecule has 4 nitrogen and oxygen atoms in total. The molecule has 0 unspecified atom stereocenters. The van der Waals surface area contributed by atoms with Crippen LogP contribution in [0.25, 0.3) is 0 Å². The molecule has 1 N–H and O–H groups in total. The molecular weight excluding hydrogens is 374 g/mol. The molecule has 0 saturated heterocycles. The van der Waals surface area contributed by atoms with Gasteiger partial charge in [-0.05, 0) is 42.9 Å². The van der Waals surface area contributed by atoms with Gasteiger partial charge in [-0.3, -0.25) is 4.79 Å². The maximum Gasteiger partial charge on any atom is 0.336 e. The number of ether oxygens (including phenoxy) is 1. The molecule has 1 heterocycles. The van der Waals surface area contributed by atoms with Gasteiger partial charge in [0.05, 0.1) is 12.2 Å². The van der Waals surface area contributed by atoms with Crippen molar-refractivity contribution in [2.24, 2.45) is 5.41 Å². The van der Waals surface area contributed by atoms with Crippen molar-refractivity contribution in [1.29, 1.82) is 0 Å². The second-order valence-corrected chi connectivity index (χ2v) is 8.91. The van der Waals surface area contributed by atoms with E-state index in [-0.39, 0.29) is 17.2 Å². The molecule has 1 aromatic carbocycles. The first kappa shape index (κ1) is 20.7. The monoisotopic (exact) mass is 401 g/mol. The van der Waals surface area contributed by atoms with Crippen LogP contribution in [-0.4, -0.2) is 18.4 Å². The summed E-state index contributed by atoms with van der Waals surface area (Å²) in [7, 11) is 0. The SMILES string of the molecule is CCCCOC(=O)C1=C(C)NC2=C(C(=O)CC(C)(C)C2)[C@@H]1c1ccc(Cl)cc1. The van der Waals surface area contributed by atoms with Crippen molar-refractivity contribution in [2.45, 2.75) is 59.3 Å². The third-order valence-corrected chi connectivity index (χ3v) is 5.65. The third kappa shape index (κ3) is 4.17. The molecule has 3 rings (SSSR count). The van der Waals surface area contributed by atoms with Crippen LogP contribution in [0.15, 0.2) is 46.8 Å². The lowest BCUT2D eigenvalue weighted by Crippen LogP contribution is -2.38. The molecule has 1 aliphatic heterocycles. The molecule has 0 saturated carbocycles. The number of unbranched alkanes of at least 4 members (excludes halogenated alkanes) is 1. The van der Waals surface area contributed by atoms with Gasteiger partial charge in [0.25, 0.3) is 0 Å². The van der Waals surface area contributed by atoms with Crippen molar-refractivity contribution in [2.75, 3.05) is 6.61 Å². The summed E-state index contributed by atoms with van der Waals surface area (Å²) in [4.78, 5) is 26.1. The Kier molecular flexibility index (Phi) is 5.99. The molecule has 1 aromatic rings. The fraction of sp³-hybridized carbons (Fsp3) is 0.478. The van der Waals surface area contributed by atoms with Gasteiger partial charge in [-0.1, -0.05) is 50.9 Å². The first-order valence-electron chi connectivity index (χ1n) is 9.90. The van der Waals surface area contributed by atoms with E-state index in [1.165, 1.54) is 0 Å². The van der Waals surface area contributed by atoms with Crippen molar-refractivity contribution in [3.05, 3.63) is 57.4 Å². The summed E-state index contributed by atoms with van der Waals surface area (Å²) in [5.41, 5.74) is 3.66. The topological polar surface area (TPSA) is 55.4 Å². The van der Waals surface area contributed by atoms with E-state index >= 15 is 0 Å². The Labute approximate surface area is 172 Å². The molecule has 1 atom stereocenters. The van der Waals surface area contributed by atoms with Crippen LogP contribution in [0, 0.1) is 5.41 Å². The number of halogens is 1. The molecule has 150 valence electrons. The van der Waals surface area contributed by atoms with Crippen molar-refractivity contribution in [3.63, 3.8) is 0 Å². The molecule has 2 aliphatic rings. The summed E-state index contributed by atoms with van der Waals surface area (Å²) >= 11 is 6.07. The van der Waals surface area contributed by atoms with E-state index in [2.05, 4.69) is 26.1 Å². The van der Waals surface area contributed by atoms with Crippen molar-refractivity contribution in [1.82, 2.24) is 5.32 Å². The van der Waals surface area contributed by atoms with Crippen LogP contribution in [0.5, 0.6) is 0 Å². The molecule has 0 amide bonds. The Hall–Kier alpha value is -2.07. The van der Waals surface area contributed by atoms with E-state index in [4.69, 9.17) is 16.3 Å². The Morgan fingerprint density at radius 3 is 2.57 bits per heavy atom. The van der Waals surface area contributed by atoms with Crippen LogP contribution in [-0.2, 0) is 14.3 Å². The summed E-state index contributed by atoms with van der Waals surface area (Å²) in [6.45, 7) is 8.51. The van der Waals surface area contributed by atoms with E-state index in [1.54, 1.807) is 12.1 Å². The summed E-state index contributed by atoms with van der Waals surface area (Å²) in [5, 5.41) is 3.97. The van der Waals surface area contributed by atoms with Gasteiger partial charge in [0.15, 0.2) is 5.78 Å². The quantitative estimate of drug-likeness (QED) is 0.538. The largest absolute Gasteiger partial charge is 0.462 e. The average Bonchev–Trinajstić information content (AvgIpc) is 2.60. The number of hydrogen-bond acceptors (Lipinski definition) is 4. The van der Waals surface area contributed by atoms with Gasteiger partial charge in [-0.2, -0.15) is 0 Å². The van der Waals surface area contributed by atoms with Gasteiger partial charge < -0.3 is 10.1 Å².